The molecule has 1 aliphatic carbocycles. The molecule has 3 aromatic rings. The maximum Gasteiger partial charge on any atom is 0.215 e. The van der Waals surface area contributed by atoms with Crippen LogP contribution < -0.4 is 0 Å². The summed E-state index contributed by atoms with van der Waals surface area (Å²) in [6, 6.07) is 4.85. The highest BCUT2D eigenvalue weighted by atomic mass is 32.2. The zero-order chi connectivity index (χ0) is 13.5. The van der Waals surface area contributed by atoms with E-state index in [1.165, 1.54) is 30.2 Å². The summed E-state index contributed by atoms with van der Waals surface area (Å²) in [4.78, 5) is 8.35. The molecule has 0 unspecified atom stereocenters. The Morgan fingerprint density at radius 3 is 3.00 bits per heavy atom. The van der Waals surface area contributed by atoms with Crippen LogP contribution in [0.4, 0.5) is 4.39 Å². The van der Waals surface area contributed by atoms with Crippen molar-refractivity contribution in [3.63, 3.8) is 0 Å². The normalized spacial score (nSPS) is 14.8. The van der Waals surface area contributed by atoms with Crippen LogP contribution in [0, 0.1) is 5.82 Å². The Kier molecular flexibility index (Phi) is 2.62. The minimum atomic E-state index is -0.309. The number of nitrogens with zero attached hydrogens (tertiary/aromatic N) is 6. The molecule has 0 amide bonds. The van der Waals surface area contributed by atoms with E-state index in [0.717, 1.165) is 12.8 Å². The second kappa shape index (κ2) is 4.48. The van der Waals surface area contributed by atoms with Crippen molar-refractivity contribution in [3.05, 3.63) is 30.3 Å². The van der Waals surface area contributed by atoms with E-state index < -0.39 is 0 Å². The maximum atomic E-state index is 13.4. The average molecular weight is 288 g/mol. The van der Waals surface area contributed by atoms with Crippen LogP contribution in [0.25, 0.3) is 10.9 Å². The second-order valence-corrected chi connectivity index (χ2v) is 5.54. The van der Waals surface area contributed by atoms with Gasteiger partial charge in [0, 0.05) is 5.39 Å². The number of tetrazole rings is 1. The smallest absolute Gasteiger partial charge is 0.215 e. The van der Waals surface area contributed by atoms with Crippen molar-refractivity contribution in [1.29, 1.82) is 0 Å². The van der Waals surface area contributed by atoms with Gasteiger partial charge in [0.05, 0.1) is 11.6 Å². The van der Waals surface area contributed by atoms with Gasteiger partial charge in [0.2, 0.25) is 5.16 Å². The number of halogens is 1. The number of fused-ring (bicyclic) bond motifs is 1. The number of hydrogen-bond acceptors (Lipinski definition) is 6. The summed E-state index contributed by atoms with van der Waals surface area (Å²) in [7, 11) is 0. The van der Waals surface area contributed by atoms with Crippen molar-refractivity contribution in [2.75, 3.05) is 0 Å². The van der Waals surface area contributed by atoms with Gasteiger partial charge in [-0.1, -0.05) is 0 Å². The van der Waals surface area contributed by atoms with E-state index in [1.54, 1.807) is 10.7 Å². The van der Waals surface area contributed by atoms with Crippen molar-refractivity contribution in [1.82, 2.24) is 30.2 Å². The van der Waals surface area contributed by atoms with Gasteiger partial charge in [-0.2, -0.15) is 0 Å². The Balaban J connectivity index is 1.78. The average Bonchev–Trinajstić information content (AvgIpc) is 3.20. The lowest BCUT2D eigenvalue weighted by Gasteiger charge is -2.04. The Bertz CT molecular complexity index is 784. The Morgan fingerprint density at radius 1 is 1.25 bits per heavy atom. The Labute approximate surface area is 117 Å². The van der Waals surface area contributed by atoms with Crippen LogP contribution in [0.2, 0.25) is 0 Å². The fourth-order valence-corrected chi connectivity index (χ4v) is 2.88. The molecule has 0 aliphatic heterocycles. The first-order chi connectivity index (χ1) is 9.81. The number of hydrogen-bond donors (Lipinski definition) is 0. The highest BCUT2D eigenvalue weighted by Crippen LogP contribution is 2.38. The molecule has 0 bridgehead atoms. The first-order valence-electron chi connectivity index (χ1n) is 6.17. The summed E-state index contributed by atoms with van der Waals surface area (Å²) in [5.41, 5.74) is 0.703. The summed E-state index contributed by atoms with van der Waals surface area (Å²) >= 11 is 1.34. The van der Waals surface area contributed by atoms with Crippen molar-refractivity contribution >= 4 is 22.7 Å². The summed E-state index contributed by atoms with van der Waals surface area (Å²) in [5, 5.41) is 13.7. The molecular weight excluding hydrogens is 279 g/mol. The van der Waals surface area contributed by atoms with E-state index >= 15 is 0 Å². The van der Waals surface area contributed by atoms with Crippen LogP contribution >= 0.6 is 11.8 Å². The molecule has 0 saturated heterocycles. The van der Waals surface area contributed by atoms with E-state index in [0.29, 0.717) is 27.1 Å². The van der Waals surface area contributed by atoms with Gasteiger partial charge in [0.25, 0.3) is 0 Å². The van der Waals surface area contributed by atoms with Gasteiger partial charge in [0.1, 0.15) is 17.2 Å². The monoisotopic (exact) mass is 288 g/mol. The largest absolute Gasteiger partial charge is 0.236 e. The van der Waals surface area contributed by atoms with Crippen LogP contribution in [0.5, 0.6) is 0 Å². The maximum absolute atomic E-state index is 13.4. The van der Waals surface area contributed by atoms with E-state index in [4.69, 9.17) is 0 Å². The first-order valence-corrected chi connectivity index (χ1v) is 6.99. The number of aromatic nitrogens is 6. The van der Waals surface area contributed by atoms with Crippen LogP contribution in [-0.2, 0) is 0 Å². The van der Waals surface area contributed by atoms with Gasteiger partial charge < -0.3 is 0 Å². The molecule has 1 fully saturated rings. The SMILES string of the molecule is Fc1ccc2ncnc(Sc3nnnn3C3CC3)c2c1. The fourth-order valence-electron chi connectivity index (χ4n) is 1.97. The lowest BCUT2D eigenvalue weighted by Crippen LogP contribution is -1.99. The zero-order valence-corrected chi connectivity index (χ0v) is 11.1. The van der Waals surface area contributed by atoms with E-state index in [9.17, 15) is 4.39 Å². The van der Waals surface area contributed by atoms with Gasteiger partial charge in [-0.3, -0.25) is 0 Å². The molecule has 0 radical (unpaired) electrons. The number of rotatable bonds is 3. The highest BCUT2D eigenvalue weighted by molar-refractivity contribution is 7.99. The molecular formula is C12H9FN6S. The zero-order valence-electron chi connectivity index (χ0n) is 10.3. The predicted octanol–water partition coefficient (Wildman–Crippen LogP) is 2.24. The van der Waals surface area contributed by atoms with Gasteiger partial charge in [0.15, 0.2) is 0 Å². The quantitative estimate of drug-likeness (QED) is 0.688. The molecule has 100 valence electrons. The molecule has 2 heterocycles. The van der Waals surface area contributed by atoms with Gasteiger partial charge in [-0.15, -0.1) is 5.10 Å². The van der Waals surface area contributed by atoms with Crippen LogP contribution in [0.1, 0.15) is 18.9 Å². The second-order valence-electron chi connectivity index (χ2n) is 4.58. The molecule has 0 atom stereocenters. The van der Waals surface area contributed by atoms with Crippen LogP contribution in [0.15, 0.2) is 34.7 Å². The molecule has 4 rings (SSSR count). The summed E-state index contributed by atoms with van der Waals surface area (Å²) in [6.45, 7) is 0. The lowest BCUT2D eigenvalue weighted by atomic mass is 10.2. The summed E-state index contributed by atoms with van der Waals surface area (Å²) in [6.07, 6.45) is 3.66. The minimum absolute atomic E-state index is 0.309. The third-order valence-electron chi connectivity index (χ3n) is 3.10. The third kappa shape index (κ3) is 2.01. The van der Waals surface area contributed by atoms with Crippen LogP contribution in [-0.4, -0.2) is 30.2 Å². The van der Waals surface area contributed by atoms with Crippen molar-refractivity contribution < 1.29 is 4.39 Å². The highest BCUT2D eigenvalue weighted by Gasteiger charge is 2.28. The van der Waals surface area contributed by atoms with Crippen molar-refractivity contribution in [3.8, 4) is 0 Å². The molecule has 1 saturated carbocycles. The molecule has 1 aromatic carbocycles. The van der Waals surface area contributed by atoms with Crippen molar-refractivity contribution in [2.45, 2.75) is 29.1 Å². The summed E-state index contributed by atoms with van der Waals surface area (Å²) < 4.78 is 15.2. The fraction of sp³-hybridized carbons (Fsp3) is 0.250. The molecule has 8 heteroatoms. The molecule has 1 aliphatic rings. The van der Waals surface area contributed by atoms with Gasteiger partial charge in [-0.05, 0) is 53.2 Å². The van der Waals surface area contributed by atoms with E-state index in [-0.39, 0.29) is 5.82 Å². The molecule has 0 spiro atoms. The molecule has 6 nitrogen and oxygen atoms in total. The topological polar surface area (TPSA) is 69.4 Å². The standard InChI is InChI=1S/C12H9FN6S/c13-7-1-4-10-9(5-7)11(15-6-14-10)20-12-16-17-18-19(12)8-2-3-8/h1,4-6,8H,2-3H2. The van der Waals surface area contributed by atoms with Gasteiger partial charge >= 0.3 is 0 Å². The van der Waals surface area contributed by atoms with E-state index in [1.807, 2.05) is 0 Å². The Morgan fingerprint density at radius 2 is 2.15 bits per heavy atom. The minimum Gasteiger partial charge on any atom is -0.236 e. The lowest BCUT2D eigenvalue weighted by molar-refractivity contribution is 0.565. The van der Waals surface area contributed by atoms with Gasteiger partial charge in [-0.25, -0.2) is 19.0 Å². The Hall–Kier alpha value is -2.09. The molecule has 0 N–H and O–H groups in total. The number of benzene rings is 1. The predicted molar refractivity (Wildman–Crippen MR) is 69.7 cm³/mol. The summed E-state index contributed by atoms with van der Waals surface area (Å²) in [5.74, 6) is -0.309. The first kappa shape index (κ1) is 11.7. The third-order valence-corrected chi connectivity index (χ3v) is 4.07. The van der Waals surface area contributed by atoms with Crippen LogP contribution in [0.3, 0.4) is 0 Å². The van der Waals surface area contributed by atoms with Crippen molar-refractivity contribution in [2.24, 2.45) is 0 Å². The molecule has 2 aromatic heterocycles. The van der Waals surface area contributed by atoms with E-state index in [2.05, 4.69) is 25.5 Å². The molecule has 20 heavy (non-hydrogen) atoms.